The Morgan fingerprint density at radius 2 is 1.97 bits per heavy atom. The lowest BCUT2D eigenvalue weighted by atomic mass is 9.98. The second-order valence-corrected chi connectivity index (χ2v) is 7.73. The Bertz CT molecular complexity index is 1010. The highest BCUT2D eigenvalue weighted by atomic mass is 16.5. The monoisotopic (exact) mass is 392 g/mol. The van der Waals surface area contributed by atoms with E-state index in [0.29, 0.717) is 24.6 Å². The Hall–Kier alpha value is -3.00. The lowest BCUT2D eigenvalue weighted by molar-refractivity contribution is 0.0668. The molecule has 1 fully saturated rings. The van der Waals surface area contributed by atoms with Gasteiger partial charge in [0.1, 0.15) is 5.82 Å². The number of para-hydroxylation sites is 1. The summed E-state index contributed by atoms with van der Waals surface area (Å²) in [5.74, 6) is 2.27. The van der Waals surface area contributed by atoms with Crippen molar-refractivity contribution >= 4 is 5.91 Å². The van der Waals surface area contributed by atoms with Gasteiger partial charge in [-0.25, -0.2) is 4.68 Å². The van der Waals surface area contributed by atoms with Gasteiger partial charge in [0.15, 0.2) is 5.82 Å². The maximum Gasteiger partial charge on any atom is 0.256 e. The van der Waals surface area contributed by atoms with E-state index in [2.05, 4.69) is 26.8 Å². The Morgan fingerprint density at radius 3 is 2.76 bits per heavy atom. The van der Waals surface area contributed by atoms with Gasteiger partial charge in [-0.2, -0.15) is 5.10 Å². The number of amides is 1. The number of carbonyl (C=O) groups is 1. The first kappa shape index (κ1) is 18.1. The summed E-state index contributed by atoms with van der Waals surface area (Å²) in [6, 6.07) is 9.57. The summed E-state index contributed by atoms with van der Waals surface area (Å²) in [4.78, 5) is 15.3. The SMILES string of the molecule is C[C@H]1CN(C(=O)c2ccccc2-n2cccn2)Cc2nnc(C3CCOCC3)n21. The maximum atomic E-state index is 13.4. The molecule has 0 saturated carbocycles. The number of carbonyl (C=O) groups excluding carboxylic acids is 1. The van der Waals surface area contributed by atoms with E-state index < -0.39 is 0 Å². The van der Waals surface area contributed by atoms with E-state index in [-0.39, 0.29) is 11.9 Å². The molecule has 2 aliphatic heterocycles. The van der Waals surface area contributed by atoms with Crippen LogP contribution in [0.25, 0.3) is 5.69 Å². The van der Waals surface area contributed by atoms with Crippen LogP contribution in [-0.4, -0.2) is 55.1 Å². The number of benzene rings is 1. The highest BCUT2D eigenvalue weighted by molar-refractivity contribution is 5.97. The molecule has 0 aliphatic carbocycles. The second-order valence-electron chi connectivity index (χ2n) is 7.73. The van der Waals surface area contributed by atoms with Gasteiger partial charge in [-0.15, -0.1) is 10.2 Å². The molecule has 0 spiro atoms. The van der Waals surface area contributed by atoms with Crippen molar-refractivity contribution in [3.05, 3.63) is 59.9 Å². The Balaban J connectivity index is 1.43. The summed E-state index contributed by atoms with van der Waals surface area (Å²) >= 11 is 0. The molecule has 5 rings (SSSR count). The molecule has 0 unspecified atom stereocenters. The van der Waals surface area contributed by atoms with E-state index in [1.807, 2.05) is 41.4 Å². The molecule has 29 heavy (non-hydrogen) atoms. The highest BCUT2D eigenvalue weighted by Crippen LogP contribution is 2.31. The topological polar surface area (TPSA) is 78.1 Å². The Morgan fingerprint density at radius 1 is 1.14 bits per heavy atom. The van der Waals surface area contributed by atoms with Gasteiger partial charge in [0.25, 0.3) is 5.91 Å². The predicted molar refractivity (Wildman–Crippen MR) is 106 cm³/mol. The number of fused-ring (bicyclic) bond motifs is 1. The molecule has 3 aromatic rings. The van der Waals surface area contributed by atoms with Crippen molar-refractivity contribution < 1.29 is 9.53 Å². The van der Waals surface area contributed by atoms with E-state index in [4.69, 9.17) is 4.74 Å². The van der Waals surface area contributed by atoms with Crippen LogP contribution in [0.4, 0.5) is 0 Å². The Kier molecular flexibility index (Phi) is 4.63. The smallest absolute Gasteiger partial charge is 0.256 e. The van der Waals surface area contributed by atoms with Gasteiger partial charge in [0.2, 0.25) is 0 Å². The molecule has 1 amide bonds. The fourth-order valence-corrected chi connectivity index (χ4v) is 4.39. The Labute approximate surface area is 169 Å². The van der Waals surface area contributed by atoms with Crippen molar-refractivity contribution in [2.24, 2.45) is 0 Å². The molecule has 8 nitrogen and oxygen atoms in total. The minimum Gasteiger partial charge on any atom is -0.381 e. The van der Waals surface area contributed by atoms with E-state index in [0.717, 1.165) is 43.4 Å². The van der Waals surface area contributed by atoms with Gasteiger partial charge in [-0.1, -0.05) is 12.1 Å². The maximum absolute atomic E-state index is 13.4. The zero-order valence-corrected chi connectivity index (χ0v) is 16.4. The first-order valence-corrected chi connectivity index (χ1v) is 10.1. The van der Waals surface area contributed by atoms with Crippen LogP contribution in [0.15, 0.2) is 42.7 Å². The summed E-state index contributed by atoms with van der Waals surface area (Å²) < 4.78 is 9.45. The summed E-state index contributed by atoms with van der Waals surface area (Å²) in [6.07, 6.45) is 5.52. The summed E-state index contributed by atoms with van der Waals surface area (Å²) in [5.41, 5.74) is 1.42. The van der Waals surface area contributed by atoms with Crippen molar-refractivity contribution in [1.82, 2.24) is 29.4 Å². The molecule has 1 atom stereocenters. The van der Waals surface area contributed by atoms with Crippen LogP contribution in [-0.2, 0) is 11.3 Å². The molecular formula is C21H24N6O2. The van der Waals surface area contributed by atoms with E-state index in [9.17, 15) is 4.79 Å². The molecular weight excluding hydrogens is 368 g/mol. The lowest BCUT2D eigenvalue weighted by Gasteiger charge is -2.34. The van der Waals surface area contributed by atoms with Crippen molar-refractivity contribution in [3.63, 3.8) is 0 Å². The summed E-state index contributed by atoms with van der Waals surface area (Å²) in [6.45, 7) is 4.78. The van der Waals surface area contributed by atoms with Crippen LogP contribution in [0.1, 0.15) is 53.7 Å². The lowest BCUT2D eigenvalue weighted by Crippen LogP contribution is -2.41. The van der Waals surface area contributed by atoms with Crippen LogP contribution >= 0.6 is 0 Å². The van der Waals surface area contributed by atoms with Crippen LogP contribution in [0.2, 0.25) is 0 Å². The van der Waals surface area contributed by atoms with Gasteiger partial charge >= 0.3 is 0 Å². The van der Waals surface area contributed by atoms with E-state index in [1.165, 1.54) is 0 Å². The molecule has 1 saturated heterocycles. The van der Waals surface area contributed by atoms with Crippen molar-refractivity contribution in [2.75, 3.05) is 19.8 Å². The number of hydrogen-bond acceptors (Lipinski definition) is 5. The third-order valence-electron chi connectivity index (χ3n) is 5.81. The minimum absolute atomic E-state index is 0.00943. The fraction of sp³-hybridized carbons (Fsp3) is 0.429. The molecule has 4 heterocycles. The third-order valence-corrected chi connectivity index (χ3v) is 5.81. The predicted octanol–water partition coefficient (Wildman–Crippen LogP) is 2.57. The third kappa shape index (κ3) is 3.23. The van der Waals surface area contributed by atoms with E-state index >= 15 is 0 Å². The van der Waals surface area contributed by atoms with Crippen molar-refractivity contribution in [3.8, 4) is 5.69 Å². The van der Waals surface area contributed by atoms with Gasteiger partial charge < -0.3 is 14.2 Å². The average Bonchev–Trinajstić information content (AvgIpc) is 3.44. The first-order valence-electron chi connectivity index (χ1n) is 10.1. The molecule has 2 aliphatic rings. The summed E-state index contributed by atoms with van der Waals surface area (Å²) in [7, 11) is 0. The standard InChI is InChI=1S/C21H24N6O2/c1-15-13-25(14-19-23-24-20(27(15)19)16-7-11-29-12-8-16)21(28)17-5-2-3-6-18(17)26-10-4-9-22-26/h2-6,9-10,15-16H,7-8,11-14H2,1H3/t15-/m0/s1. The molecule has 2 aromatic heterocycles. The number of nitrogens with zero attached hydrogens (tertiary/aromatic N) is 6. The first-order chi connectivity index (χ1) is 14.2. The molecule has 0 radical (unpaired) electrons. The number of rotatable bonds is 3. The van der Waals surface area contributed by atoms with Crippen LogP contribution in [0.5, 0.6) is 0 Å². The van der Waals surface area contributed by atoms with Crippen LogP contribution in [0.3, 0.4) is 0 Å². The fourth-order valence-electron chi connectivity index (χ4n) is 4.39. The average molecular weight is 392 g/mol. The zero-order valence-electron chi connectivity index (χ0n) is 16.4. The molecule has 0 bridgehead atoms. The summed E-state index contributed by atoms with van der Waals surface area (Å²) in [5, 5.41) is 13.2. The minimum atomic E-state index is -0.00943. The zero-order chi connectivity index (χ0) is 19.8. The van der Waals surface area contributed by atoms with Gasteiger partial charge in [-0.05, 0) is 38.0 Å². The van der Waals surface area contributed by atoms with Gasteiger partial charge in [0, 0.05) is 38.1 Å². The van der Waals surface area contributed by atoms with Gasteiger partial charge in [0.05, 0.1) is 23.8 Å². The normalized spacial score (nSPS) is 19.9. The van der Waals surface area contributed by atoms with Crippen LogP contribution in [0, 0.1) is 0 Å². The molecule has 1 aromatic carbocycles. The van der Waals surface area contributed by atoms with Gasteiger partial charge in [-0.3, -0.25) is 4.79 Å². The largest absolute Gasteiger partial charge is 0.381 e. The van der Waals surface area contributed by atoms with Crippen molar-refractivity contribution in [2.45, 2.75) is 38.3 Å². The quantitative estimate of drug-likeness (QED) is 0.685. The van der Waals surface area contributed by atoms with E-state index in [1.54, 1.807) is 10.9 Å². The number of hydrogen-bond donors (Lipinski definition) is 0. The van der Waals surface area contributed by atoms with Crippen molar-refractivity contribution in [1.29, 1.82) is 0 Å². The second kappa shape index (κ2) is 7.44. The molecule has 0 N–H and O–H groups in total. The van der Waals surface area contributed by atoms with Crippen LogP contribution < -0.4 is 0 Å². The molecule has 8 heteroatoms. The number of ether oxygens (including phenoxy) is 1. The molecule has 150 valence electrons. The number of aromatic nitrogens is 5. The highest BCUT2D eigenvalue weighted by Gasteiger charge is 2.33.